The summed E-state index contributed by atoms with van der Waals surface area (Å²) in [5.41, 5.74) is -0.264. The van der Waals surface area contributed by atoms with Crippen molar-refractivity contribution < 1.29 is 19.8 Å². The Balaban J connectivity index is 1.75. The number of carbonyl (C=O) groups is 2. The molecule has 4 rings (SSSR count). The van der Waals surface area contributed by atoms with Crippen LogP contribution in [0.15, 0.2) is 17.1 Å². The lowest BCUT2D eigenvalue weighted by Crippen LogP contribution is -2.34. The summed E-state index contributed by atoms with van der Waals surface area (Å²) in [7, 11) is 0. The highest BCUT2D eigenvalue weighted by Gasteiger charge is 2.30. The normalized spacial score (nSPS) is 19.1. The number of nitrogens with zero attached hydrogens (tertiary/aromatic N) is 4. The first-order chi connectivity index (χ1) is 14.8. The molecule has 10 nitrogen and oxygen atoms in total. The van der Waals surface area contributed by atoms with Crippen molar-refractivity contribution in [2.24, 2.45) is 5.92 Å². The predicted molar refractivity (Wildman–Crippen MR) is 113 cm³/mol. The van der Waals surface area contributed by atoms with Gasteiger partial charge in [0.05, 0.1) is 12.3 Å². The van der Waals surface area contributed by atoms with Crippen molar-refractivity contribution >= 4 is 23.5 Å². The average molecular weight is 429 g/mol. The van der Waals surface area contributed by atoms with E-state index in [0.29, 0.717) is 30.7 Å². The number of fused-ring (bicyclic) bond motifs is 1. The highest BCUT2D eigenvalue weighted by atomic mass is 16.3. The summed E-state index contributed by atoms with van der Waals surface area (Å²) in [6.07, 6.45) is 6.07. The standard InChI is InChI=1S/C21H27N5O5/c1-12(2)10-25-19-13(3-6-16(28)24-8-7-15(27)11-24)9-22-26(19)21(31)17(20(25)30)18(29)23-14-4-5-14/h3,6,9,12,14-15,27,30H,4-5,7-8,10-11H2,1-2H3,(H,23,29). The van der Waals surface area contributed by atoms with E-state index in [1.807, 2.05) is 13.8 Å². The maximum atomic E-state index is 13.0. The summed E-state index contributed by atoms with van der Waals surface area (Å²) < 4.78 is 2.58. The number of nitrogens with one attached hydrogen (secondary N) is 1. The summed E-state index contributed by atoms with van der Waals surface area (Å²) in [6, 6.07) is 0.0341. The van der Waals surface area contributed by atoms with E-state index in [2.05, 4.69) is 10.4 Å². The van der Waals surface area contributed by atoms with E-state index in [-0.39, 0.29) is 30.0 Å². The zero-order chi connectivity index (χ0) is 22.3. The quantitative estimate of drug-likeness (QED) is 0.569. The molecule has 1 saturated heterocycles. The molecule has 1 saturated carbocycles. The van der Waals surface area contributed by atoms with Gasteiger partial charge in [0.2, 0.25) is 11.8 Å². The number of likely N-dealkylation sites (tertiary alicyclic amines) is 1. The van der Waals surface area contributed by atoms with Gasteiger partial charge in [-0.3, -0.25) is 19.0 Å². The molecule has 2 aliphatic rings. The smallest absolute Gasteiger partial charge is 0.291 e. The topological polar surface area (TPSA) is 129 Å². The first-order valence-corrected chi connectivity index (χ1v) is 10.6. The second-order valence-electron chi connectivity index (χ2n) is 8.65. The minimum Gasteiger partial charge on any atom is -0.494 e. The van der Waals surface area contributed by atoms with Crippen LogP contribution in [0.5, 0.6) is 5.88 Å². The SMILES string of the molecule is CC(C)Cn1c(O)c(C(=O)NC2CC2)c(=O)n2ncc(C=CC(=O)N3CCC(O)C3)c12. The molecule has 2 amide bonds. The Morgan fingerprint density at radius 3 is 2.68 bits per heavy atom. The van der Waals surface area contributed by atoms with E-state index in [1.165, 1.54) is 22.9 Å². The van der Waals surface area contributed by atoms with Crippen LogP contribution in [-0.2, 0) is 11.3 Å². The number of carbonyl (C=O) groups excluding carboxylic acids is 2. The van der Waals surface area contributed by atoms with Crippen LogP contribution >= 0.6 is 0 Å². The van der Waals surface area contributed by atoms with Gasteiger partial charge >= 0.3 is 0 Å². The molecule has 0 radical (unpaired) electrons. The number of aliphatic hydroxyl groups excluding tert-OH is 1. The molecule has 31 heavy (non-hydrogen) atoms. The Bertz CT molecular complexity index is 1110. The Hall–Kier alpha value is -3.14. The molecule has 1 atom stereocenters. The number of aliphatic hydroxyl groups is 1. The van der Waals surface area contributed by atoms with Crippen molar-refractivity contribution in [3.05, 3.63) is 33.8 Å². The van der Waals surface area contributed by atoms with Crippen molar-refractivity contribution in [2.45, 2.75) is 51.8 Å². The Kier molecular flexibility index (Phi) is 5.57. The molecule has 1 aliphatic heterocycles. The number of hydrogen-bond acceptors (Lipinski definition) is 6. The molecule has 166 valence electrons. The highest BCUT2D eigenvalue weighted by Crippen LogP contribution is 2.24. The van der Waals surface area contributed by atoms with E-state index in [9.17, 15) is 24.6 Å². The summed E-state index contributed by atoms with van der Waals surface area (Å²) in [4.78, 5) is 39.5. The van der Waals surface area contributed by atoms with Crippen molar-refractivity contribution in [3.63, 3.8) is 0 Å². The number of amides is 2. The molecule has 10 heteroatoms. The van der Waals surface area contributed by atoms with Crippen LogP contribution in [0.2, 0.25) is 0 Å². The van der Waals surface area contributed by atoms with Gasteiger partial charge < -0.3 is 20.4 Å². The van der Waals surface area contributed by atoms with Crippen molar-refractivity contribution in [2.75, 3.05) is 13.1 Å². The van der Waals surface area contributed by atoms with Gasteiger partial charge in [-0.25, -0.2) is 0 Å². The van der Waals surface area contributed by atoms with Crippen LogP contribution in [0, 0.1) is 5.92 Å². The van der Waals surface area contributed by atoms with Gasteiger partial charge in [0.25, 0.3) is 11.5 Å². The van der Waals surface area contributed by atoms with Crippen LogP contribution in [0.4, 0.5) is 0 Å². The number of aromatic nitrogens is 3. The van der Waals surface area contributed by atoms with Crippen molar-refractivity contribution in [1.29, 1.82) is 0 Å². The molecule has 2 aromatic rings. The third-order valence-corrected chi connectivity index (χ3v) is 5.48. The summed E-state index contributed by atoms with van der Waals surface area (Å²) in [5.74, 6) is -1.16. The molecule has 2 fully saturated rings. The van der Waals surface area contributed by atoms with E-state index >= 15 is 0 Å². The lowest BCUT2D eigenvalue weighted by Gasteiger charge is -2.17. The third-order valence-electron chi connectivity index (χ3n) is 5.48. The number of aromatic hydroxyl groups is 1. The zero-order valence-electron chi connectivity index (χ0n) is 17.6. The molecular formula is C21H27N5O5. The second kappa shape index (κ2) is 8.18. The summed E-state index contributed by atoms with van der Waals surface area (Å²) >= 11 is 0. The van der Waals surface area contributed by atoms with Crippen LogP contribution in [-0.4, -0.2) is 66.3 Å². The second-order valence-corrected chi connectivity index (χ2v) is 8.65. The molecular weight excluding hydrogens is 402 g/mol. The van der Waals surface area contributed by atoms with E-state index in [1.54, 1.807) is 4.90 Å². The fourth-order valence-corrected chi connectivity index (χ4v) is 3.76. The maximum Gasteiger partial charge on any atom is 0.291 e. The number of β-amino-alcohol motifs (C(OH)–C–C–N with tert-alkyl or cyclic N) is 1. The molecule has 1 aliphatic carbocycles. The fraction of sp³-hybridized carbons (Fsp3) is 0.524. The number of rotatable bonds is 6. The first kappa shape index (κ1) is 21.1. The van der Waals surface area contributed by atoms with Gasteiger partial charge in [-0.1, -0.05) is 13.8 Å². The molecule has 3 N–H and O–H groups in total. The molecule has 0 aromatic carbocycles. The van der Waals surface area contributed by atoms with E-state index < -0.39 is 23.5 Å². The lowest BCUT2D eigenvalue weighted by molar-refractivity contribution is -0.125. The largest absolute Gasteiger partial charge is 0.494 e. The van der Waals surface area contributed by atoms with Crippen LogP contribution in [0.3, 0.4) is 0 Å². The van der Waals surface area contributed by atoms with Crippen molar-refractivity contribution in [1.82, 2.24) is 24.4 Å². The Morgan fingerprint density at radius 1 is 1.32 bits per heavy atom. The third kappa shape index (κ3) is 4.20. The van der Waals surface area contributed by atoms with E-state index in [0.717, 1.165) is 17.4 Å². The van der Waals surface area contributed by atoms with Crippen LogP contribution in [0.1, 0.15) is 49.0 Å². The van der Waals surface area contributed by atoms with Gasteiger partial charge in [-0.2, -0.15) is 9.61 Å². The number of hydrogen-bond donors (Lipinski definition) is 3. The fourth-order valence-electron chi connectivity index (χ4n) is 3.76. The minimum atomic E-state index is -0.709. The molecule has 2 aromatic heterocycles. The average Bonchev–Trinajstić information content (AvgIpc) is 3.24. The predicted octanol–water partition coefficient (Wildman–Crippen LogP) is 0.356. The van der Waals surface area contributed by atoms with Gasteiger partial charge in [0, 0.05) is 37.3 Å². The Morgan fingerprint density at radius 2 is 2.06 bits per heavy atom. The monoisotopic (exact) mass is 429 g/mol. The zero-order valence-corrected chi connectivity index (χ0v) is 17.6. The summed E-state index contributed by atoms with van der Waals surface area (Å²) in [6.45, 7) is 5.02. The molecule has 1 unspecified atom stereocenters. The van der Waals surface area contributed by atoms with E-state index in [4.69, 9.17) is 0 Å². The van der Waals surface area contributed by atoms with Gasteiger partial charge in [-0.05, 0) is 31.3 Å². The van der Waals surface area contributed by atoms with Gasteiger partial charge in [0.15, 0.2) is 5.56 Å². The van der Waals surface area contributed by atoms with Crippen molar-refractivity contribution in [3.8, 4) is 5.88 Å². The Labute approximate surface area is 178 Å². The lowest BCUT2D eigenvalue weighted by atomic mass is 10.2. The van der Waals surface area contributed by atoms with Crippen LogP contribution < -0.4 is 10.9 Å². The molecule has 3 heterocycles. The van der Waals surface area contributed by atoms with Gasteiger partial charge in [-0.15, -0.1) is 0 Å². The maximum absolute atomic E-state index is 13.0. The minimum absolute atomic E-state index is 0.0341. The molecule has 0 spiro atoms. The first-order valence-electron chi connectivity index (χ1n) is 10.6. The van der Waals surface area contributed by atoms with Crippen LogP contribution in [0.25, 0.3) is 11.7 Å². The van der Waals surface area contributed by atoms with Gasteiger partial charge in [0.1, 0.15) is 5.65 Å². The highest BCUT2D eigenvalue weighted by molar-refractivity contribution is 5.97. The molecule has 0 bridgehead atoms. The summed E-state index contributed by atoms with van der Waals surface area (Å²) in [5, 5.41) is 27.4.